The van der Waals surface area contributed by atoms with Crippen molar-refractivity contribution in [1.82, 2.24) is 20.1 Å². The van der Waals surface area contributed by atoms with Gasteiger partial charge in [-0.25, -0.2) is 9.89 Å². The van der Waals surface area contributed by atoms with E-state index >= 15 is 0 Å². The smallest absolute Gasteiger partial charge is 0.343 e. The van der Waals surface area contributed by atoms with Gasteiger partial charge in [-0.1, -0.05) is 18.7 Å². The van der Waals surface area contributed by atoms with E-state index in [1.54, 1.807) is 4.57 Å². The topological polar surface area (TPSA) is 79.8 Å². The van der Waals surface area contributed by atoms with Crippen LogP contribution in [0.4, 0.5) is 0 Å². The van der Waals surface area contributed by atoms with E-state index in [1.165, 1.54) is 50.3 Å². The summed E-state index contributed by atoms with van der Waals surface area (Å²) < 4.78 is 1.61. The molecular weight excluding hydrogens is 336 g/mol. The maximum Gasteiger partial charge on any atom is 0.343 e. The minimum atomic E-state index is -0.196. The molecule has 5 rings (SSSR count). The average Bonchev–Trinajstić information content (AvgIpc) is 2.91. The standard InChI is InChI=1S/C18H28N4O2S/c1-2-3-22-16(24)20-21-17(22)25-10-15(23)19-11-18-7-12-4-13(8-18)6-14(5-12)9-18/h12-14H,2-11H2,1H3,(H,19,23)(H,20,24). The first-order valence-electron chi connectivity index (χ1n) is 9.61. The summed E-state index contributed by atoms with van der Waals surface area (Å²) in [6, 6.07) is 0. The minimum Gasteiger partial charge on any atom is -0.355 e. The van der Waals surface area contributed by atoms with Crippen LogP contribution in [0.3, 0.4) is 0 Å². The van der Waals surface area contributed by atoms with Gasteiger partial charge in [0, 0.05) is 13.1 Å². The molecular formula is C18H28N4O2S. The fraction of sp³-hybridized carbons (Fsp3) is 0.833. The Bertz CT molecular complexity index is 660. The minimum absolute atomic E-state index is 0.0549. The van der Waals surface area contributed by atoms with Gasteiger partial charge in [0.1, 0.15) is 0 Å². The van der Waals surface area contributed by atoms with E-state index in [2.05, 4.69) is 15.5 Å². The highest BCUT2D eigenvalue weighted by atomic mass is 32.2. The van der Waals surface area contributed by atoms with Crippen molar-refractivity contribution in [3.05, 3.63) is 10.5 Å². The first kappa shape index (κ1) is 17.2. The molecule has 4 bridgehead atoms. The van der Waals surface area contributed by atoms with Crippen LogP contribution in [0.15, 0.2) is 9.95 Å². The number of nitrogens with zero attached hydrogens (tertiary/aromatic N) is 2. The van der Waals surface area contributed by atoms with Crippen molar-refractivity contribution in [3.8, 4) is 0 Å². The third-order valence-corrected chi connectivity index (χ3v) is 7.30. The van der Waals surface area contributed by atoms with Gasteiger partial charge in [0.05, 0.1) is 5.75 Å². The molecule has 4 aliphatic carbocycles. The summed E-state index contributed by atoms with van der Waals surface area (Å²) in [5.41, 5.74) is 0.171. The Morgan fingerprint density at radius 3 is 2.52 bits per heavy atom. The molecule has 138 valence electrons. The van der Waals surface area contributed by atoms with Crippen LogP contribution in [0.25, 0.3) is 0 Å². The van der Waals surface area contributed by atoms with Crippen LogP contribution >= 0.6 is 11.8 Å². The molecule has 0 aromatic carbocycles. The highest BCUT2D eigenvalue weighted by molar-refractivity contribution is 7.99. The van der Waals surface area contributed by atoms with Crippen LogP contribution < -0.4 is 11.0 Å². The van der Waals surface area contributed by atoms with Crippen molar-refractivity contribution in [3.63, 3.8) is 0 Å². The number of aromatic nitrogens is 3. The molecule has 2 N–H and O–H groups in total. The molecule has 4 aliphatic rings. The highest BCUT2D eigenvalue weighted by Crippen LogP contribution is 2.59. The maximum absolute atomic E-state index is 12.3. The van der Waals surface area contributed by atoms with Gasteiger partial charge in [-0.15, -0.1) is 5.10 Å². The third kappa shape index (κ3) is 3.52. The Hall–Kier alpha value is -1.24. The molecule has 4 saturated carbocycles. The number of hydrogen-bond acceptors (Lipinski definition) is 4. The van der Waals surface area contributed by atoms with Gasteiger partial charge >= 0.3 is 5.69 Å². The molecule has 0 radical (unpaired) electrons. The number of nitrogens with one attached hydrogen (secondary N) is 2. The quantitative estimate of drug-likeness (QED) is 0.728. The second-order valence-electron chi connectivity index (χ2n) is 8.45. The molecule has 0 saturated heterocycles. The van der Waals surface area contributed by atoms with E-state index in [4.69, 9.17) is 0 Å². The molecule has 6 nitrogen and oxygen atoms in total. The number of carbonyl (C=O) groups excluding carboxylic acids is 1. The summed E-state index contributed by atoms with van der Waals surface area (Å²) in [7, 11) is 0. The normalized spacial score (nSPS) is 32.9. The fourth-order valence-corrected chi connectivity index (χ4v) is 6.61. The van der Waals surface area contributed by atoms with Gasteiger partial charge in [0.15, 0.2) is 5.16 Å². The number of hydrogen-bond donors (Lipinski definition) is 2. The fourth-order valence-electron chi connectivity index (χ4n) is 5.81. The number of aromatic amines is 1. The first-order valence-corrected chi connectivity index (χ1v) is 10.6. The van der Waals surface area contributed by atoms with Crippen molar-refractivity contribution >= 4 is 17.7 Å². The molecule has 1 aromatic heterocycles. The van der Waals surface area contributed by atoms with Crippen molar-refractivity contribution in [1.29, 1.82) is 0 Å². The maximum atomic E-state index is 12.3. The van der Waals surface area contributed by atoms with Crippen LogP contribution in [0.1, 0.15) is 51.9 Å². The number of H-pyrrole nitrogens is 1. The van der Waals surface area contributed by atoms with E-state index in [9.17, 15) is 9.59 Å². The van der Waals surface area contributed by atoms with Crippen LogP contribution in [-0.2, 0) is 11.3 Å². The summed E-state index contributed by atoms with van der Waals surface area (Å²) in [5.74, 6) is 3.10. The second kappa shape index (κ2) is 6.82. The molecule has 4 fully saturated rings. The van der Waals surface area contributed by atoms with Crippen LogP contribution in [0, 0.1) is 23.2 Å². The zero-order chi connectivity index (χ0) is 17.4. The molecule has 25 heavy (non-hydrogen) atoms. The molecule has 0 spiro atoms. The van der Waals surface area contributed by atoms with Crippen molar-refractivity contribution in [2.75, 3.05) is 12.3 Å². The lowest BCUT2D eigenvalue weighted by Gasteiger charge is -2.56. The second-order valence-corrected chi connectivity index (χ2v) is 9.39. The molecule has 1 heterocycles. The van der Waals surface area contributed by atoms with Gasteiger partial charge in [-0.05, 0) is 68.1 Å². The molecule has 0 aliphatic heterocycles. The predicted octanol–water partition coefficient (Wildman–Crippen LogP) is 2.41. The number of amides is 1. The Morgan fingerprint density at radius 2 is 1.92 bits per heavy atom. The lowest BCUT2D eigenvalue weighted by atomic mass is 9.49. The summed E-state index contributed by atoms with van der Waals surface area (Å²) in [6.45, 7) is 3.48. The van der Waals surface area contributed by atoms with Gasteiger partial charge < -0.3 is 5.32 Å². The molecule has 1 aromatic rings. The highest BCUT2D eigenvalue weighted by Gasteiger charge is 2.50. The third-order valence-electron chi connectivity index (χ3n) is 6.33. The Labute approximate surface area is 152 Å². The summed E-state index contributed by atoms with van der Waals surface area (Å²) in [5, 5.41) is 10.3. The van der Waals surface area contributed by atoms with Crippen LogP contribution in [-0.4, -0.2) is 33.0 Å². The summed E-state index contributed by atoms with van der Waals surface area (Å²) >= 11 is 1.34. The van der Waals surface area contributed by atoms with E-state index in [1.807, 2.05) is 6.92 Å². The monoisotopic (exact) mass is 364 g/mol. The first-order chi connectivity index (χ1) is 12.1. The summed E-state index contributed by atoms with van der Waals surface area (Å²) in [6.07, 6.45) is 9.07. The van der Waals surface area contributed by atoms with E-state index in [0.717, 1.165) is 30.7 Å². The van der Waals surface area contributed by atoms with E-state index in [0.29, 0.717) is 22.9 Å². The number of thioether (sulfide) groups is 1. The van der Waals surface area contributed by atoms with Crippen molar-refractivity contribution in [2.45, 2.75) is 63.6 Å². The van der Waals surface area contributed by atoms with E-state index in [-0.39, 0.29) is 11.6 Å². The van der Waals surface area contributed by atoms with Gasteiger partial charge in [-0.3, -0.25) is 9.36 Å². The van der Waals surface area contributed by atoms with Crippen molar-refractivity contribution < 1.29 is 4.79 Å². The van der Waals surface area contributed by atoms with E-state index < -0.39 is 0 Å². The van der Waals surface area contributed by atoms with Crippen LogP contribution in [0.5, 0.6) is 0 Å². The molecule has 7 heteroatoms. The Kier molecular flexibility index (Phi) is 4.69. The van der Waals surface area contributed by atoms with Crippen LogP contribution in [0.2, 0.25) is 0 Å². The summed E-state index contributed by atoms with van der Waals surface area (Å²) in [4.78, 5) is 24.0. The SMILES string of the molecule is CCCn1c(SCC(=O)NCC23CC4CC(CC(C4)C2)C3)n[nH]c1=O. The average molecular weight is 365 g/mol. The zero-order valence-corrected chi connectivity index (χ0v) is 15.7. The number of carbonyl (C=O) groups is 1. The largest absolute Gasteiger partial charge is 0.355 e. The lowest BCUT2D eigenvalue weighted by molar-refractivity contribution is -0.120. The van der Waals surface area contributed by atoms with Gasteiger partial charge in [0.25, 0.3) is 0 Å². The van der Waals surface area contributed by atoms with Crippen molar-refractivity contribution in [2.24, 2.45) is 23.2 Å². The zero-order valence-electron chi connectivity index (χ0n) is 14.9. The molecule has 0 atom stereocenters. The van der Waals surface area contributed by atoms with Gasteiger partial charge in [-0.2, -0.15) is 0 Å². The Balaban J connectivity index is 1.29. The lowest BCUT2D eigenvalue weighted by Crippen LogP contribution is -2.51. The number of rotatable bonds is 7. The predicted molar refractivity (Wildman–Crippen MR) is 97.5 cm³/mol. The molecule has 0 unspecified atom stereocenters. The van der Waals surface area contributed by atoms with Gasteiger partial charge in [0.2, 0.25) is 5.91 Å². The molecule has 1 amide bonds. The Morgan fingerprint density at radius 1 is 1.28 bits per heavy atom.